The van der Waals surface area contributed by atoms with Gasteiger partial charge in [0, 0.05) is 28.2 Å². The van der Waals surface area contributed by atoms with Gasteiger partial charge in [-0.15, -0.1) is 0 Å². The molecule has 0 saturated carbocycles. The van der Waals surface area contributed by atoms with Crippen molar-refractivity contribution in [1.29, 1.82) is 0 Å². The maximum Gasteiger partial charge on any atom is 0.0521 e. The van der Waals surface area contributed by atoms with Gasteiger partial charge in [0.1, 0.15) is 0 Å². The number of benzene rings is 1. The zero-order valence-corrected chi connectivity index (χ0v) is 13.8. The Hall–Kier alpha value is -0.690. The largest absolute Gasteiger partial charge is 0.276 e. The molecule has 3 N–H and O–H groups in total. The summed E-state index contributed by atoms with van der Waals surface area (Å²) >= 11 is 7.00. The highest BCUT2D eigenvalue weighted by atomic mass is 79.9. The second-order valence-corrected chi connectivity index (χ2v) is 6.31. The first kappa shape index (κ1) is 14.7. The Bertz CT molecular complexity index is 533. The molecule has 0 saturated heterocycles. The topological polar surface area (TPSA) is 55.9 Å². The predicted octanol–water partition coefficient (Wildman–Crippen LogP) is 3.08. The van der Waals surface area contributed by atoms with E-state index >= 15 is 0 Å². The fourth-order valence-electron chi connectivity index (χ4n) is 2.03. The molecule has 2 rings (SSSR count). The van der Waals surface area contributed by atoms with Gasteiger partial charge in [0.2, 0.25) is 0 Å². The number of hydrazine groups is 1. The first-order valence-corrected chi connectivity index (χ1v) is 7.56. The average Bonchev–Trinajstić information content (AvgIpc) is 2.75. The number of nitrogens with two attached hydrogens (primary N) is 1. The Morgan fingerprint density at radius 3 is 2.53 bits per heavy atom. The van der Waals surface area contributed by atoms with Gasteiger partial charge in [-0.3, -0.25) is 16.0 Å². The number of nitrogens with one attached hydrogen (secondary N) is 1. The van der Waals surface area contributed by atoms with Crippen LogP contribution < -0.4 is 11.3 Å². The molecule has 6 heteroatoms. The van der Waals surface area contributed by atoms with Gasteiger partial charge in [-0.2, -0.15) is 5.10 Å². The van der Waals surface area contributed by atoms with E-state index in [0.717, 1.165) is 27.4 Å². The maximum atomic E-state index is 5.67. The fourth-order valence-corrected chi connectivity index (χ4v) is 3.36. The minimum absolute atomic E-state index is 0.119. The molecule has 1 heterocycles. The van der Waals surface area contributed by atoms with E-state index in [9.17, 15) is 0 Å². The number of nitrogens with zero attached hydrogens (tertiary/aromatic N) is 2. The van der Waals surface area contributed by atoms with Crippen LogP contribution in [0.5, 0.6) is 0 Å². The minimum atomic E-state index is 0.119. The van der Waals surface area contributed by atoms with Gasteiger partial charge in [0.15, 0.2) is 0 Å². The van der Waals surface area contributed by atoms with Crippen molar-refractivity contribution < 1.29 is 0 Å². The van der Waals surface area contributed by atoms with E-state index in [4.69, 9.17) is 5.84 Å². The smallest absolute Gasteiger partial charge is 0.0521 e. The first-order valence-electron chi connectivity index (χ1n) is 5.98. The van der Waals surface area contributed by atoms with Crippen LogP contribution in [0.25, 0.3) is 0 Å². The van der Waals surface area contributed by atoms with E-state index in [1.165, 1.54) is 5.56 Å². The Morgan fingerprint density at radius 1 is 1.32 bits per heavy atom. The first-order chi connectivity index (χ1) is 9.08. The normalized spacial score (nSPS) is 12.6. The van der Waals surface area contributed by atoms with Crippen molar-refractivity contribution in [1.82, 2.24) is 15.2 Å². The second-order valence-electron chi connectivity index (χ2n) is 4.48. The standard InChI is InChI=1S/C13H16Br2N4/c1-19-8-9(7-17-19)2-3-13(18-16)10-4-11(14)6-12(15)5-10/h4-8,13,18H,2-3,16H2,1H3. The fraction of sp³-hybridized carbons (Fsp3) is 0.308. The van der Waals surface area contributed by atoms with Gasteiger partial charge >= 0.3 is 0 Å². The molecular formula is C13H16Br2N4. The van der Waals surface area contributed by atoms with Crippen LogP contribution >= 0.6 is 31.9 Å². The molecule has 0 spiro atoms. The maximum absolute atomic E-state index is 5.67. The highest BCUT2D eigenvalue weighted by Crippen LogP contribution is 2.26. The summed E-state index contributed by atoms with van der Waals surface area (Å²) in [6.07, 6.45) is 5.78. The van der Waals surface area contributed by atoms with Crippen molar-refractivity contribution in [2.75, 3.05) is 0 Å². The molecule has 1 atom stereocenters. The Morgan fingerprint density at radius 2 is 2.00 bits per heavy atom. The molecule has 0 bridgehead atoms. The van der Waals surface area contributed by atoms with Crippen LogP contribution in [0, 0.1) is 0 Å². The van der Waals surface area contributed by atoms with Crippen LogP contribution in [0.1, 0.15) is 23.6 Å². The monoisotopic (exact) mass is 386 g/mol. The number of aromatic nitrogens is 2. The van der Waals surface area contributed by atoms with Crippen molar-refractivity contribution in [2.24, 2.45) is 12.9 Å². The quantitative estimate of drug-likeness (QED) is 0.612. The van der Waals surface area contributed by atoms with E-state index in [1.807, 2.05) is 30.2 Å². The lowest BCUT2D eigenvalue weighted by Gasteiger charge is -2.16. The third-order valence-corrected chi connectivity index (χ3v) is 3.88. The van der Waals surface area contributed by atoms with Crippen LogP contribution in [0.3, 0.4) is 0 Å². The third kappa shape index (κ3) is 4.14. The molecule has 19 heavy (non-hydrogen) atoms. The zero-order chi connectivity index (χ0) is 13.8. The van der Waals surface area contributed by atoms with Gasteiger partial charge in [-0.05, 0) is 42.2 Å². The summed E-state index contributed by atoms with van der Waals surface area (Å²) in [6.45, 7) is 0. The van der Waals surface area contributed by atoms with Gasteiger partial charge in [-0.1, -0.05) is 31.9 Å². The van der Waals surface area contributed by atoms with Crippen molar-refractivity contribution in [2.45, 2.75) is 18.9 Å². The molecule has 1 unspecified atom stereocenters. The van der Waals surface area contributed by atoms with Crippen molar-refractivity contribution in [3.63, 3.8) is 0 Å². The zero-order valence-electron chi connectivity index (χ0n) is 10.6. The Balaban J connectivity index is 2.07. The van der Waals surface area contributed by atoms with Crippen molar-refractivity contribution in [3.05, 3.63) is 50.7 Å². The molecule has 102 valence electrons. The third-order valence-electron chi connectivity index (χ3n) is 2.97. The van der Waals surface area contributed by atoms with Gasteiger partial charge in [0.25, 0.3) is 0 Å². The van der Waals surface area contributed by atoms with Crippen LogP contribution in [-0.2, 0) is 13.5 Å². The number of hydrogen-bond donors (Lipinski definition) is 2. The second kappa shape index (κ2) is 6.65. The molecule has 0 amide bonds. The van der Waals surface area contributed by atoms with Gasteiger partial charge < -0.3 is 0 Å². The lowest BCUT2D eigenvalue weighted by molar-refractivity contribution is 0.516. The van der Waals surface area contributed by atoms with Crippen molar-refractivity contribution >= 4 is 31.9 Å². The molecule has 1 aromatic carbocycles. The van der Waals surface area contributed by atoms with E-state index in [1.54, 1.807) is 0 Å². The molecule has 1 aromatic heterocycles. The van der Waals surface area contributed by atoms with Crippen LogP contribution in [0.2, 0.25) is 0 Å². The molecule has 0 aliphatic heterocycles. The lowest BCUT2D eigenvalue weighted by atomic mass is 10.0. The Kier molecular flexibility index (Phi) is 5.15. The summed E-state index contributed by atoms with van der Waals surface area (Å²) < 4.78 is 3.90. The number of hydrogen-bond acceptors (Lipinski definition) is 3. The number of aryl methyl sites for hydroxylation is 2. The van der Waals surface area contributed by atoms with Gasteiger partial charge in [0.05, 0.1) is 6.20 Å². The highest BCUT2D eigenvalue weighted by Gasteiger charge is 2.11. The lowest BCUT2D eigenvalue weighted by Crippen LogP contribution is -2.28. The molecule has 4 nitrogen and oxygen atoms in total. The van der Waals surface area contributed by atoms with Crippen LogP contribution in [0.15, 0.2) is 39.5 Å². The number of halogens is 2. The van der Waals surface area contributed by atoms with E-state index < -0.39 is 0 Å². The molecule has 0 aliphatic carbocycles. The summed E-state index contributed by atoms with van der Waals surface area (Å²) in [5, 5.41) is 4.17. The summed E-state index contributed by atoms with van der Waals surface area (Å²) in [5.74, 6) is 5.67. The highest BCUT2D eigenvalue weighted by molar-refractivity contribution is 9.11. The van der Waals surface area contributed by atoms with E-state index in [-0.39, 0.29) is 6.04 Å². The van der Waals surface area contributed by atoms with Crippen molar-refractivity contribution in [3.8, 4) is 0 Å². The summed E-state index contributed by atoms with van der Waals surface area (Å²) in [6, 6.07) is 6.30. The molecule has 0 aliphatic rings. The minimum Gasteiger partial charge on any atom is -0.276 e. The van der Waals surface area contributed by atoms with Crippen LogP contribution in [-0.4, -0.2) is 9.78 Å². The summed E-state index contributed by atoms with van der Waals surface area (Å²) in [4.78, 5) is 0. The summed E-state index contributed by atoms with van der Waals surface area (Å²) in [7, 11) is 1.92. The SMILES string of the molecule is Cn1cc(CCC(NN)c2cc(Br)cc(Br)c2)cn1. The number of rotatable bonds is 5. The Labute approximate surface area is 129 Å². The molecule has 0 radical (unpaired) electrons. The summed E-state index contributed by atoms with van der Waals surface area (Å²) in [5.41, 5.74) is 5.26. The molecular weight excluding hydrogens is 372 g/mol. The predicted molar refractivity (Wildman–Crippen MR) is 83.4 cm³/mol. The van der Waals surface area contributed by atoms with E-state index in [2.05, 4.69) is 54.5 Å². The van der Waals surface area contributed by atoms with E-state index in [0.29, 0.717) is 0 Å². The van der Waals surface area contributed by atoms with Crippen LogP contribution in [0.4, 0.5) is 0 Å². The average molecular weight is 388 g/mol. The molecule has 0 fully saturated rings. The molecule has 2 aromatic rings. The van der Waals surface area contributed by atoms with Gasteiger partial charge in [-0.25, -0.2) is 0 Å².